The number of amides is 2. The number of para-hydroxylation sites is 2. The zero-order valence-corrected chi connectivity index (χ0v) is 13.0. The Kier molecular flexibility index (Phi) is 4.89. The summed E-state index contributed by atoms with van der Waals surface area (Å²) in [6, 6.07) is 18.4. The van der Waals surface area contributed by atoms with Crippen LogP contribution in [0.25, 0.3) is 0 Å². The van der Waals surface area contributed by atoms with Crippen molar-refractivity contribution in [1.82, 2.24) is 0 Å². The second-order valence-corrected chi connectivity index (χ2v) is 5.12. The summed E-state index contributed by atoms with van der Waals surface area (Å²) in [5.41, 5.74) is -0.0429. The van der Waals surface area contributed by atoms with Gasteiger partial charge in [0.1, 0.15) is 28.8 Å². The molecule has 0 bridgehead atoms. The highest BCUT2D eigenvalue weighted by molar-refractivity contribution is 5.99. The van der Waals surface area contributed by atoms with Crippen molar-refractivity contribution in [3.8, 4) is 11.5 Å². The first kappa shape index (κ1) is 16.4. The molecule has 3 aromatic rings. The molecule has 0 aliphatic heterocycles. The van der Waals surface area contributed by atoms with Crippen molar-refractivity contribution < 1.29 is 18.3 Å². The quantitative estimate of drug-likeness (QED) is 0.668. The molecule has 0 saturated carbocycles. The number of anilines is 2. The highest BCUT2D eigenvalue weighted by Gasteiger charge is 2.11. The van der Waals surface area contributed by atoms with E-state index in [0.717, 1.165) is 12.1 Å². The summed E-state index contributed by atoms with van der Waals surface area (Å²) in [5, 5.41) is 4.65. The summed E-state index contributed by atoms with van der Waals surface area (Å²) < 4.78 is 32.7. The molecule has 25 heavy (non-hydrogen) atoms. The van der Waals surface area contributed by atoms with E-state index in [1.165, 1.54) is 6.07 Å². The van der Waals surface area contributed by atoms with Crippen LogP contribution >= 0.6 is 0 Å². The molecular weight excluding hydrogens is 326 g/mol. The fourth-order valence-corrected chi connectivity index (χ4v) is 2.12. The number of hydrogen-bond donors (Lipinski definition) is 2. The number of halogens is 2. The first-order chi connectivity index (χ1) is 12.1. The summed E-state index contributed by atoms with van der Waals surface area (Å²) in [5.74, 6) is -0.406. The zero-order valence-electron chi connectivity index (χ0n) is 13.0. The second kappa shape index (κ2) is 7.44. The fraction of sp³-hybridized carbons (Fsp3) is 0. The number of ether oxygens (including phenoxy) is 1. The molecule has 0 saturated heterocycles. The topological polar surface area (TPSA) is 50.4 Å². The van der Waals surface area contributed by atoms with Gasteiger partial charge in [-0.3, -0.25) is 0 Å². The van der Waals surface area contributed by atoms with Crippen LogP contribution in [0.3, 0.4) is 0 Å². The van der Waals surface area contributed by atoms with Crippen molar-refractivity contribution >= 4 is 17.4 Å². The van der Waals surface area contributed by atoms with E-state index in [-0.39, 0.29) is 0 Å². The third-order valence-electron chi connectivity index (χ3n) is 3.29. The van der Waals surface area contributed by atoms with E-state index in [0.29, 0.717) is 17.2 Å². The van der Waals surface area contributed by atoms with E-state index < -0.39 is 23.4 Å². The summed E-state index contributed by atoms with van der Waals surface area (Å²) in [4.78, 5) is 11.9. The van der Waals surface area contributed by atoms with Crippen molar-refractivity contribution in [3.63, 3.8) is 0 Å². The van der Waals surface area contributed by atoms with Crippen LogP contribution in [0.5, 0.6) is 11.5 Å². The molecule has 3 rings (SSSR count). The molecule has 0 fully saturated rings. The number of carbonyl (C=O) groups is 1. The Balaban J connectivity index is 1.62. The number of rotatable bonds is 4. The van der Waals surface area contributed by atoms with Crippen molar-refractivity contribution in [3.05, 3.63) is 84.4 Å². The van der Waals surface area contributed by atoms with Gasteiger partial charge in [0.25, 0.3) is 0 Å². The Bertz CT molecular complexity index is 848. The maximum absolute atomic E-state index is 13.5. The van der Waals surface area contributed by atoms with E-state index in [4.69, 9.17) is 4.74 Å². The van der Waals surface area contributed by atoms with Crippen molar-refractivity contribution in [2.45, 2.75) is 0 Å². The Hall–Kier alpha value is -3.41. The largest absolute Gasteiger partial charge is 0.457 e. The van der Waals surface area contributed by atoms with Crippen LogP contribution in [0.4, 0.5) is 25.0 Å². The molecule has 2 N–H and O–H groups in total. The summed E-state index contributed by atoms with van der Waals surface area (Å²) in [6.07, 6.45) is 0. The number of nitrogens with one attached hydrogen (secondary N) is 2. The van der Waals surface area contributed by atoms with Crippen molar-refractivity contribution in [2.75, 3.05) is 10.6 Å². The van der Waals surface area contributed by atoms with Crippen LogP contribution < -0.4 is 15.4 Å². The minimum atomic E-state index is -0.846. The van der Waals surface area contributed by atoms with E-state index in [9.17, 15) is 13.6 Å². The Morgan fingerprint density at radius 1 is 0.720 bits per heavy atom. The van der Waals surface area contributed by atoms with Crippen LogP contribution in [-0.4, -0.2) is 6.03 Å². The van der Waals surface area contributed by atoms with Crippen molar-refractivity contribution in [1.29, 1.82) is 0 Å². The molecule has 0 radical (unpaired) electrons. The Morgan fingerprint density at radius 2 is 1.32 bits per heavy atom. The van der Waals surface area contributed by atoms with Crippen LogP contribution in [0, 0.1) is 11.6 Å². The average Bonchev–Trinajstić information content (AvgIpc) is 2.61. The monoisotopic (exact) mass is 340 g/mol. The third kappa shape index (κ3) is 4.32. The van der Waals surface area contributed by atoms with Gasteiger partial charge in [0, 0.05) is 5.69 Å². The molecule has 0 aliphatic carbocycles. The van der Waals surface area contributed by atoms with Gasteiger partial charge in [0.2, 0.25) is 0 Å². The summed E-state index contributed by atoms with van der Waals surface area (Å²) >= 11 is 0. The van der Waals surface area contributed by atoms with Gasteiger partial charge in [0.15, 0.2) is 0 Å². The van der Waals surface area contributed by atoms with Crippen molar-refractivity contribution in [2.24, 2.45) is 0 Å². The van der Waals surface area contributed by atoms with Gasteiger partial charge < -0.3 is 15.4 Å². The minimum absolute atomic E-state index is 0.453. The number of urea groups is 1. The van der Waals surface area contributed by atoms with Crippen LogP contribution in [0.15, 0.2) is 72.8 Å². The standard InChI is InChI=1S/C19H14F2N2O2/c20-16-7-4-8-17(21)18(16)23-19(24)22-13-9-11-15(12-10-13)25-14-5-2-1-3-6-14/h1-12H,(H2,22,23,24). The SMILES string of the molecule is O=C(Nc1ccc(Oc2ccccc2)cc1)Nc1c(F)cccc1F. The third-order valence-corrected chi connectivity index (χ3v) is 3.29. The van der Waals surface area contributed by atoms with Gasteiger partial charge in [-0.25, -0.2) is 13.6 Å². The summed E-state index contributed by atoms with van der Waals surface area (Å²) in [6.45, 7) is 0. The van der Waals surface area contributed by atoms with Gasteiger partial charge >= 0.3 is 6.03 Å². The average molecular weight is 340 g/mol. The molecule has 0 spiro atoms. The lowest BCUT2D eigenvalue weighted by molar-refractivity contribution is 0.262. The van der Waals surface area contributed by atoms with Gasteiger partial charge in [-0.1, -0.05) is 24.3 Å². The lowest BCUT2D eigenvalue weighted by Gasteiger charge is -2.10. The molecule has 4 nitrogen and oxygen atoms in total. The maximum atomic E-state index is 13.5. The molecule has 0 heterocycles. The molecule has 126 valence electrons. The van der Waals surface area contributed by atoms with Crippen LogP contribution in [0.2, 0.25) is 0 Å². The summed E-state index contributed by atoms with van der Waals surface area (Å²) in [7, 11) is 0. The van der Waals surface area contributed by atoms with Crippen LogP contribution in [-0.2, 0) is 0 Å². The Labute approximate surface area is 143 Å². The van der Waals surface area contributed by atoms with E-state index >= 15 is 0 Å². The number of carbonyl (C=O) groups excluding carboxylic acids is 1. The molecule has 3 aromatic carbocycles. The normalized spacial score (nSPS) is 10.2. The fourth-order valence-electron chi connectivity index (χ4n) is 2.12. The predicted octanol–water partition coefficient (Wildman–Crippen LogP) is 5.40. The van der Waals surface area contributed by atoms with Gasteiger partial charge in [-0.05, 0) is 48.5 Å². The lowest BCUT2D eigenvalue weighted by Crippen LogP contribution is -2.20. The highest BCUT2D eigenvalue weighted by Crippen LogP contribution is 2.23. The maximum Gasteiger partial charge on any atom is 0.323 e. The predicted molar refractivity (Wildman–Crippen MR) is 92.0 cm³/mol. The molecule has 2 amide bonds. The number of benzene rings is 3. The Morgan fingerprint density at radius 3 is 1.96 bits per heavy atom. The molecule has 0 aliphatic rings. The van der Waals surface area contributed by atoms with Gasteiger partial charge in [-0.2, -0.15) is 0 Å². The first-order valence-electron chi connectivity index (χ1n) is 7.47. The lowest BCUT2D eigenvalue weighted by atomic mass is 10.3. The second-order valence-electron chi connectivity index (χ2n) is 5.12. The molecular formula is C19H14F2N2O2. The van der Waals surface area contributed by atoms with E-state index in [1.807, 2.05) is 30.3 Å². The van der Waals surface area contributed by atoms with Crippen LogP contribution in [0.1, 0.15) is 0 Å². The smallest absolute Gasteiger partial charge is 0.323 e. The first-order valence-corrected chi connectivity index (χ1v) is 7.47. The zero-order chi connectivity index (χ0) is 17.6. The molecule has 0 aromatic heterocycles. The molecule has 6 heteroatoms. The highest BCUT2D eigenvalue weighted by atomic mass is 19.1. The minimum Gasteiger partial charge on any atom is -0.457 e. The number of hydrogen-bond acceptors (Lipinski definition) is 2. The van der Waals surface area contributed by atoms with E-state index in [2.05, 4.69) is 10.6 Å². The van der Waals surface area contributed by atoms with Gasteiger partial charge in [-0.15, -0.1) is 0 Å². The molecule has 0 unspecified atom stereocenters. The molecule has 0 atom stereocenters. The van der Waals surface area contributed by atoms with Gasteiger partial charge in [0.05, 0.1) is 0 Å². The van der Waals surface area contributed by atoms with E-state index in [1.54, 1.807) is 24.3 Å².